The Kier molecular flexibility index (Phi) is 5.59. The lowest BCUT2D eigenvalue weighted by molar-refractivity contribution is 0.204. The van der Waals surface area contributed by atoms with Crippen LogP contribution in [0.1, 0.15) is 17.4 Å². The number of aromatic nitrogens is 2. The monoisotopic (exact) mass is 449 g/mol. The van der Waals surface area contributed by atoms with E-state index < -0.39 is 6.10 Å². The summed E-state index contributed by atoms with van der Waals surface area (Å²) < 4.78 is 3.80. The van der Waals surface area contributed by atoms with Crippen LogP contribution in [-0.4, -0.2) is 40.4 Å². The number of aliphatic hydroxyl groups is 1. The van der Waals surface area contributed by atoms with Crippen LogP contribution in [0.2, 0.25) is 0 Å². The molecule has 1 atom stereocenters. The van der Waals surface area contributed by atoms with Crippen LogP contribution in [-0.2, 0) is 6.54 Å². The third-order valence-corrected chi connectivity index (χ3v) is 4.30. The van der Waals surface area contributed by atoms with Crippen molar-refractivity contribution >= 4 is 38.5 Å². The SMILES string of the molecule is CN(C)CCn1ncc(Br)c1C(O)c1cccc(I)c1. The third kappa shape index (κ3) is 3.81. The summed E-state index contributed by atoms with van der Waals surface area (Å²) in [5.41, 5.74) is 1.68. The topological polar surface area (TPSA) is 41.3 Å². The Morgan fingerprint density at radius 2 is 2.20 bits per heavy atom. The molecule has 0 bridgehead atoms. The van der Waals surface area contributed by atoms with Crippen molar-refractivity contribution in [2.45, 2.75) is 12.6 Å². The highest BCUT2D eigenvalue weighted by Crippen LogP contribution is 2.29. The van der Waals surface area contributed by atoms with Crippen molar-refractivity contribution < 1.29 is 5.11 Å². The van der Waals surface area contributed by atoms with E-state index in [1.54, 1.807) is 6.20 Å². The summed E-state index contributed by atoms with van der Waals surface area (Å²) in [5, 5.41) is 15.0. The second-order valence-electron chi connectivity index (χ2n) is 4.86. The van der Waals surface area contributed by atoms with Crippen molar-refractivity contribution in [2.75, 3.05) is 20.6 Å². The van der Waals surface area contributed by atoms with E-state index in [1.165, 1.54) is 0 Å². The number of benzene rings is 1. The zero-order chi connectivity index (χ0) is 14.7. The molecule has 1 heterocycles. The van der Waals surface area contributed by atoms with Crippen LogP contribution < -0.4 is 0 Å². The van der Waals surface area contributed by atoms with E-state index in [0.29, 0.717) is 0 Å². The van der Waals surface area contributed by atoms with Crippen molar-refractivity contribution in [2.24, 2.45) is 0 Å². The van der Waals surface area contributed by atoms with Gasteiger partial charge in [-0.15, -0.1) is 0 Å². The Labute approximate surface area is 141 Å². The van der Waals surface area contributed by atoms with Crippen molar-refractivity contribution in [1.29, 1.82) is 0 Å². The molecule has 6 heteroatoms. The van der Waals surface area contributed by atoms with E-state index in [4.69, 9.17) is 0 Å². The Morgan fingerprint density at radius 1 is 1.45 bits per heavy atom. The normalized spacial score (nSPS) is 12.9. The number of likely N-dealkylation sites (N-methyl/N-ethyl adjacent to an activating group) is 1. The standard InChI is InChI=1S/C14H17BrIN3O/c1-18(2)6-7-19-13(12(15)9-17-19)14(20)10-4-3-5-11(16)8-10/h3-5,8-9,14,20H,6-7H2,1-2H3. The Bertz CT molecular complexity index is 586. The van der Waals surface area contributed by atoms with Crippen molar-refractivity contribution in [1.82, 2.24) is 14.7 Å². The molecule has 0 saturated carbocycles. The first-order valence-corrected chi connectivity index (χ1v) is 8.15. The Morgan fingerprint density at radius 3 is 2.85 bits per heavy atom. The summed E-state index contributed by atoms with van der Waals surface area (Å²) in [6.45, 7) is 1.62. The molecule has 1 aromatic heterocycles. The van der Waals surface area contributed by atoms with E-state index in [2.05, 4.69) is 48.5 Å². The average molecular weight is 450 g/mol. The van der Waals surface area contributed by atoms with Gasteiger partial charge in [-0.1, -0.05) is 12.1 Å². The van der Waals surface area contributed by atoms with Crippen LogP contribution in [0.15, 0.2) is 34.9 Å². The summed E-state index contributed by atoms with van der Waals surface area (Å²) in [5.74, 6) is 0. The highest BCUT2D eigenvalue weighted by molar-refractivity contribution is 14.1. The van der Waals surface area contributed by atoms with E-state index in [0.717, 1.165) is 32.4 Å². The maximum atomic E-state index is 10.6. The fourth-order valence-electron chi connectivity index (χ4n) is 1.95. The van der Waals surface area contributed by atoms with Crippen LogP contribution in [0, 0.1) is 3.57 Å². The summed E-state index contributed by atoms with van der Waals surface area (Å²) in [7, 11) is 4.04. The first-order valence-electron chi connectivity index (χ1n) is 6.28. The second kappa shape index (κ2) is 7.02. The van der Waals surface area contributed by atoms with Crippen molar-refractivity contribution in [3.8, 4) is 0 Å². The molecule has 2 rings (SSSR count). The molecule has 1 N–H and O–H groups in total. The molecule has 0 aliphatic heterocycles. The minimum atomic E-state index is -0.677. The fourth-order valence-corrected chi connectivity index (χ4v) is 3.03. The van der Waals surface area contributed by atoms with Gasteiger partial charge in [-0.3, -0.25) is 4.68 Å². The first-order chi connectivity index (χ1) is 9.49. The van der Waals surface area contributed by atoms with Gasteiger partial charge in [-0.2, -0.15) is 5.10 Å². The number of nitrogens with zero attached hydrogens (tertiary/aromatic N) is 3. The summed E-state index contributed by atoms with van der Waals surface area (Å²) >= 11 is 5.73. The van der Waals surface area contributed by atoms with Crippen LogP contribution in [0.3, 0.4) is 0 Å². The molecular weight excluding hydrogens is 433 g/mol. The van der Waals surface area contributed by atoms with Gasteiger partial charge in [0.1, 0.15) is 6.10 Å². The molecule has 0 aliphatic rings. The molecule has 2 aromatic rings. The molecule has 4 nitrogen and oxygen atoms in total. The summed E-state index contributed by atoms with van der Waals surface area (Å²) in [6, 6.07) is 7.88. The third-order valence-electron chi connectivity index (χ3n) is 3.02. The van der Waals surface area contributed by atoms with E-state index in [-0.39, 0.29) is 0 Å². The Hall–Kier alpha value is -0.440. The van der Waals surface area contributed by atoms with Crippen LogP contribution in [0.4, 0.5) is 0 Å². The maximum absolute atomic E-state index is 10.6. The largest absolute Gasteiger partial charge is 0.382 e. The zero-order valence-corrected chi connectivity index (χ0v) is 15.2. The molecule has 0 radical (unpaired) electrons. The van der Waals surface area contributed by atoms with Gasteiger partial charge in [0.25, 0.3) is 0 Å². The molecule has 108 valence electrons. The minimum Gasteiger partial charge on any atom is -0.382 e. The van der Waals surface area contributed by atoms with Gasteiger partial charge in [-0.05, 0) is 70.3 Å². The molecule has 0 saturated heterocycles. The quantitative estimate of drug-likeness (QED) is 0.713. The average Bonchev–Trinajstić information content (AvgIpc) is 2.76. The lowest BCUT2D eigenvalue weighted by atomic mass is 10.1. The molecule has 0 spiro atoms. The molecule has 0 amide bonds. The van der Waals surface area contributed by atoms with Gasteiger partial charge in [0.2, 0.25) is 0 Å². The lowest BCUT2D eigenvalue weighted by Gasteiger charge is -2.16. The van der Waals surface area contributed by atoms with Crippen molar-refractivity contribution in [3.05, 3.63) is 49.8 Å². The van der Waals surface area contributed by atoms with Crippen LogP contribution >= 0.6 is 38.5 Å². The van der Waals surface area contributed by atoms with Gasteiger partial charge in [0, 0.05) is 10.1 Å². The van der Waals surface area contributed by atoms with Crippen LogP contribution in [0.5, 0.6) is 0 Å². The second-order valence-corrected chi connectivity index (χ2v) is 6.96. The zero-order valence-electron chi connectivity index (χ0n) is 11.4. The molecule has 0 aliphatic carbocycles. The first kappa shape index (κ1) is 15.9. The summed E-state index contributed by atoms with van der Waals surface area (Å²) in [4.78, 5) is 2.09. The van der Waals surface area contributed by atoms with E-state index >= 15 is 0 Å². The number of halogens is 2. The predicted molar refractivity (Wildman–Crippen MR) is 91.7 cm³/mol. The van der Waals surface area contributed by atoms with Gasteiger partial charge >= 0.3 is 0 Å². The summed E-state index contributed by atoms with van der Waals surface area (Å²) in [6.07, 6.45) is 1.06. The molecular formula is C14H17BrIN3O. The molecule has 0 fully saturated rings. The van der Waals surface area contributed by atoms with E-state index in [9.17, 15) is 5.11 Å². The highest BCUT2D eigenvalue weighted by Gasteiger charge is 2.19. The number of aliphatic hydroxyl groups excluding tert-OH is 1. The maximum Gasteiger partial charge on any atom is 0.122 e. The van der Waals surface area contributed by atoms with Gasteiger partial charge in [0.15, 0.2) is 0 Å². The predicted octanol–water partition coefficient (Wildman–Crippen LogP) is 2.89. The van der Waals surface area contributed by atoms with Gasteiger partial charge in [0.05, 0.1) is 22.9 Å². The molecule has 20 heavy (non-hydrogen) atoms. The van der Waals surface area contributed by atoms with E-state index in [1.807, 2.05) is 43.0 Å². The molecule has 1 aromatic carbocycles. The van der Waals surface area contributed by atoms with Crippen molar-refractivity contribution in [3.63, 3.8) is 0 Å². The molecule has 1 unspecified atom stereocenters. The fraction of sp³-hybridized carbons (Fsp3) is 0.357. The number of hydrogen-bond acceptors (Lipinski definition) is 3. The minimum absolute atomic E-state index is 0.677. The van der Waals surface area contributed by atoms with Gasteiger partial charge < -0.3 is 10.0 Å². The smallest absolute Gasteiger partial charge is 0.122 e. The number of rotatable bonds is 5. The number of hydrogen-bond donors (Lipinski definition) is 1. The Balaban J connectivity index is 2.29. The van der Waals surface area contributed by atoms with Crippen LogP contribution in [0.25, 0.3) is 0 Å². The van der Waals surface area contributed by atoms with Gasteiger partial charge in [-0.25, -0.2) is 0 Å². The lowest BCUT2D eigenvalue weighted by Crippen LogP contribution is -2.21. The highest BCUT2D eigenvalue weighted by atomic mass is 127.